The molecule has 0 spiro atoms. The molecule has 2 saturated heterocycles. The van der Waals surface area contributed by atoms with Crippen molar-refractivity contribution in [1.29, 1.82) is 0 Å². The standard InChI is InChI=1S/C27H27F3N4O5/c1-16-21(14-20(15-31-16)32-24(35)17-3-2-4-19(11-17)27(28,29)30)18-12-22(26(37)5-8-38-9-6-26)33-23(13-18)34-7-10-39-25(34)36/h2-4,11-15,25,36-37H,5-10H2,1H3,(H,32,35). The maximum Gasteiger partial charge on any atom is 0.416 e. The van der Waals surface area contributed by atoms with E-state index in [-0.39, 0.29) is 11.3 Å². The van der Waals surface area contributed by atoms with E-state index in [2.05, 4.69) is 15.3 Å². The highest BCUT2D eigenvalue weighted by Gasteiger charge is 2.35. The van der Waals surface area contributed by atoms with Crippen molar-refractivity contribution in [3.63, 3.8) is 0 Å². The van der Waals surface area contributed by atoms with Crippen molar-refractivity contribution in [1.82, 2.24) is 9.97 Å². The average Bonchev–Trinajstić information content (AvgIpc) is 3.35. The number of aliphatic hydroxyl groups excluding tert-OH is 1. The van der Waals surface area contributed by atoms with Crippen molar-refractivity contribution in [3.8, 4) is 11.1 Å². The van der Waals surface area contributed by atoms with Crippen LogP contribution in [0, 0.1) is 6.92 Å². The SMILES string of the molecule is Cc1ncc(NC(=O)c2cccc(C(F)(F)F)c2)cc1-c1cc(N2CCOC2O)nc(C2(O)CCOCC2)c1. The van der Waals surface area contributed by atoms with Crippen LogP contribution in [-0.2, 0) is 21.3 Å². The number of aliphatic hydroxyl groups is 2. The van der Waals surface area contributed by atoms with Gasteiger partial charge < -0.3 is 29.9 Å². The molecule has 0 bridgehead atoms. The molecule has 39 heavy (non-hydrogen) atoms. The molecule has 3 N–H and O–H groups in total. The van der Waals surface area contributed by atoms with Crippen LogP contribution in [0.4, 0.5) is 24.7 Å². The van der Waals surface area contributed by atoms with Crippen LogP contribution >= 0.6 is 0 Å². The maximum atomic E-state index is 13.1. The van der Waals surface area contributed by atoms with Crippen molar-refractivity contribution in [2.45, 2.75) is 38.0 Å². The first kappa shape index (κ1) is 27.0. The highest BCUT2D eigenvalue weighted by Crippen LogP contribution is 2.37. The van der Waals surface area contributed by atoms with E-state index in [0.29, 0.717) is 67.5 Å². The van der Waals surface area contributed by atoms with E-state index < -0.39 is 29.7 Å². The summed E-state index contributed by atoms with van der Waals surface area (Å²) in [5.74, 6) is -0.326. The van der Waals surface area contributed by atoms with Gasteiger partial charge in [-0.3, -0.25) is 9.78 Å². The Labute approximate surface area is 222 Å². The van der Waals surface area contributed by atoms with Gasteiger partial charge in [-0.15, -0.1) is 0 Å². The minimum atomic E-state index is -4.58. The second kappa shape index (κ2) is 10.5. The van der Waals surface area contributed by atoms with Gasteiger partial charge >= 0.3 is 6.18 Å². The molecule has 2 aliphatic heterocycles. The van der Waals surface area contributed by atoms with Gasteiger partial charge in [0.1, 0.15) is 11.4 Å². The van der Waals surface area contributed by atoms with E-state index in [9.17, 15) is 28.2 Å². The molecule has 1 unspecified atom stereocenters. The van der Waals surface area contributed by atoms with Crippen LogP contribution in [0.25, 0.3) is 11.1 Å². The molecular weight excluding hydrogens is 517 g/mol. The molecule has 9 nitrogen and oxygen atoms in total. The highest BCUT2D eigenvalue weighted by molar-refractivity contribution is 6.04. The fourth-order valence-corrected chi connectivity index (χ4v) is 4.64. The third kappa shape index (κ3) is 5.74. The van der Waals surface area contributed by atoms with E-state index in [4.69, 9.17) is 9.47 Å². The van der Waals surface area contributed by atoms with Crippen molar-refractivity contribution in [2.24, 2.45) is 0 Å². The van der Waals surface area contributed by atoms with Gasteiger partial charge in [0.15, 0.2) is 0 Å². The Morgan fingerprint density at radius 1 is 1.15 bits per heavy atom. The van der Waals surface area contributed by atoms with E-state index in [1.54, 1.807) is 30.0 Å². The molecule has 1 atom stereocenters. The number of carbonyl (C=O) groups excluding carboxylic acids is 1. The minimum absolute atomic E-state index is 0.148. The first-order chi connectivity index (χ1) is 18.5. The fourth-order valence-electron chi connectivity index (χ4n) is 4.64. The molecule has 1 aromatic carbocycles. The largest absolute Gasteiger partial charge is 0.416 e. The number of hydrogen-bond donors (Lipinski definition) is 3. The molecule has 4 heterocycles. The molecule has 1 amide bonds. The molecule has 5 rings (SSSR count). The zero-order chi connectivity index (χ0) is 27.8. The monoisotopic (exact) mass is 544 g/mol. The molecule has 12 heteroatoms. The number of carbonyl (C=O) groups is 1. The molecule has 2 fully saturated rings. The van der Waals surface area contributed by atoms with Crippen LogP contribution in [0.15, 0.2) is 48.7 Å². The van der Waals surface area contributed by atoms with Gasteiger partial charge in [0.25, 0.3) is 5.91 Å². The Kier molecular flexibility index (Phi) is 7.29. The summed E-state index contributed by atoms with van der Waals surface area (Å²) < 4.78 is 50.0. The number of alkyl halides is 3. The number of pyridine rings is 2. The van der Waals surface area contributed by atoms with Gasteiger partial charge in [-0.1, -0.05) is 6.07 Å². The quantitative estimate of drug-likeness (QED) is 0.444. The smallest absolute Gasteiger partial charge is 0.383 e. The Balaban J connectivity index is 1.51. The Morgan fingerprint density at radius 2 is 1.92 bits per heavy atom. The number of benzene rings is 1. The number of nitrogens with one attached hydrogen (secondary N) is 1. The van der Waals surface area contributed by atoms with Gasteiger partial charge in [0, 0.05) is 49.4 Å². The number of aryl methyl sites for hydroxylation is 1. The summed E-state index contributed by atoms with van der Waals surface area (Å²) in [7, 11) is 0. The number of anilines is 2. The van der Waals surface area contributed by atoms with Gasteiger partial charge in [0.05, 0.1) is 29.7 Å². The lowest BCUT2D eigenvalue weighted by molar-refractivity contribution is -0.137. The molecule has 0 saturated carbocycles. The number of aromatic nitrogens is 2. The molecule has 206 valence electrons. The second-order valence-electron chi connectivity index (χ2n) is 9.52. The maximum absolute atomic E-state index is 13.1. The molecule has 3 aromatic rings. The van der Waals surface area contributed by atoms with Crippen LogP contribution in [0.5, 0.6) is 0 Å². The number of halogens is 3. The van der Waals surface area contributed by atoms with E-state index in [1.807, 2.05) is 0 Å². The fraction of sp³-hybridized carbons (Fsp3) is 0.370. The molecule has 2 aromatic heterocycles. The lowest BCUT2D eigenvalue weighted by Crippen LogP contribution is -2.36. The first-order valence-corrected chi connectivity index (χ1v) is 12.4. The summed E-state index contributed by atoms with van der Waals surface area (Å²) in [5, 5.41) is 24.3. The zero-order valence-electron chi connectivity index (χ0n) is 21.0. The summed E-state index contributed by atoms with van der Waals surface area (Å²) >= 11 is 0. The van der Waals surface area contributed by atoms with Gasteiger partial charge in [0.2, 0.25) is 6.41 Å². The van der Waals surface area contributed by atoms with Crippen molar-refractivity contribution < 1.29 is 37.7 Å². The van der Waals surface area contributed by atoms with Crippen molar-refractivity contribution in [2.75, 3.05) is 36.6 Å². The molecule has 0 aliphatic carbocycles. The predicted octanol–water partition coefficient (Wildman–Crippen LogP) is 3.83. The highest BCUT2D eigenvalue weighted by atomic mass is 19.4. The van der Waals surface area contributed by atoms with Crippen LogP contribution in [0.2, 0.25) is 0 Å². The van der Waals surface area contributed by atoms with Gasteiger partial charge in [-0.25, -0.2) is 4.98 Å². The Bertz CT molecular complexity index is 1380. The minimum Gasteiger partial charge on any atom is -0.383 e. The van der Waals surface area contributed by atoms with Crippen LogP contribution in [-0.4, -0.2) is 58.9 Å². The summed E-state index contributed by atoms with van der Waals surface area (Å²) in [6.07, 6.45) is -3.67. The van der Waals surface area contributed by atoms with Crippen molar-refractivity contribution in [3.05, 3.63) is 71.2 Å². The lowest BCUT2D eigenvalue weighted by atomic mass is 9.88. The van der Waals surface area contributed by atoms with Crippen LogP contribution in [0.3, 0.4) is 0 Å². The predicted molar refractivity (Wildman–Crippen MR) is 135 cm³/mol. The molecule has 0 radical (unpaired) electrons. The Morgan fingerprint density at radius 3 is 2.62 bits per heavy atom. The van der Waals surface area contributed by atoms with E-state index >= 15 is 0 Å². The van der Waals surface area contributed by atoms with Crippen LogP contribution in [0.1, 0.15) is 40.2 Å². The van der Waals surface area contributed by atoms with Gasteiger partial charge in [-0.2, -0.15) is 13.2 Å². The number of nitrogens with zero attached hydrogens (tertiary/aromatic N) is 3. The van der Waals surface area contributed by atoms with Crippen LogP contribution < -0.4 is 10.2 Å². The normalized spacial score (nSPS) is 19.2. The molecular formula is C27H27F3N4O5. The van der Waals surface area contributed by atoms with Crippen molar-refractivity contribution >= 4 is 17.4 Å². The molecule has 2 aliphatic rings. The topological polar surface area (TPSA) is 117 Å². The lowest BCUT2D eigenvalue weighted by Gasteiger charge is -2.33. The zero-order valence-corrected chi connectivity index (χ0v) is 21.0. The Hall–Kier alpha value is -3.58. The third-order valence-corrected chi connectivity index (χ3v) is 6.88. The first-order valence-electron chi connectivity index (χ1n) is 12.4. The summed E-state index contributed by atoms with van der Waals surface area (Å²) in [4.78, 5) is 23.4. The summed E-state index contributed by atoms with van der Waals surface area (Å²) in [6.45, 7) is 3.20. The summed E-state index contributed by atoms with van der Waals surface area (Å²) in [5.41, 5.74) is 0.181. The summed E-state index contributed by atoms with van der Waals surface area (Å²) in [6, 6.07) is 9.28. The van der Waals surface area contributed by atoms with E-state index in [0.717, 1.165) is 12.1 Å². The third-order valence-electron chi connectivity index (χ3n) is 6.88. The number of ether oxygens (including phenoxy) is 2. The average molecular weight is 545 g/mol. The van der Waals surface area contributed by atoms with Gasteiger partial charge in [-0.05, 0) is 48.9 Å². The number of hydrogen-bond acceptors (Lipinski definition) is 8. The number of rotatable bonds is 5. The number of amides is 1. The van der Waals surface area contributed by atoms with E-state index in [1.165, 1.54) is 18.3 Å². The second-order valence-corrected chi connectivity index (χ2v) is 9.52.